The van der Waals surface area contributed by atoms with E-state index >= 15 is 0 Å². The Morgan fingerprint density at radius 2 is 2.04 bits per heavy atom. The van der Waals surface area contributed by atoms with E-state index in [1.165, 1.54) is 19.1 Å². The van der Waals surface area contributed by atoms with Crippen molar-refractivity contribution in [1.29, 1.82) is 5.26 Å². The smallest absolute Gasteiger partial charge is 0.198 e. The Morgan fingerprint density at radius 3 is 2.71 bits per heavy atom. The molecule has 0 aliphatic carbocycles. The van der Waals surface area contributed by atoms with Gasteiger partial charge in [-0.15, -0.1) is 0 Å². The SMILES string of the molecule is Cc1[nH]c2c(C#N)c(C(=O)c3cc(F)ccc3Cl)c(N)cc2c1F. The molecule has 4 nitrogen and oxygen atoms in total. The van der Waals surface area contributed by atoms with Gasteiger partial charge in [-0.3, -0.25) is 4.79 Å². The Balaban J connectivity index is 2.34. The Morgan fingerprint density at radius 1 is 1.33 bits per heavy atom. The molecular formula is C17H10ClF2N3O. The topological polar surface area (TPSA) is 82.7 Å². The van der Waals surface area contributed by atoms with Crippen molar-refractivity contribution in [3.63, 3.8) is 0 Å². The highest BCUT2D eigenvalue weighted by Gasteiger charge is 2.24. The average molecular weight is 346 g/mol. The van der Waals surface area contributed by atoms with Crippen LogP contribution in [0.15, 0.2) is 24.3 Å². The summed E-state index contributed by atoms with van der Waals surface area (Å²) in [4.78, 5) is 15.5. The third-order valence-electron chi connectivity index (χ3n) is 3.75. The molecule has 0 spiro atoms. The van der Waals surface area contributed by atoms with Crippen LogP contribution < -0.4 is 5.73 Å². The normalized spacial score (nSPS) is 10.8. The predicted octanol–water partition coefficient (Wildman–Crippen LogP) is 4.09. The molecule has 0 aliphatic rings. The molecule has 0 amide bonds. The Labute approximate surface area is 140 Å². The second-order valence-electron chi connectivity index (χ2n) is 5.27. The minimum absolute atomic E-state index is 0.0265. The number of hydrogen-bond donors (Lipinski definition) is 2. The van der Waals surface area contributed by atoms with E-state index in [1.54, 1.807) is 0 Å². The Hall–Kier alpha value is -2.91. The summed E-state index contributed by atoms with van der Waals surface area (Å²) in [6.07, 6.45) is 0. The number of nitrogen functional groups attached to an aromatic ring is 1. The molecule has 3 N–H and O–H groups in total. The number of nitrogens with one attached hydrogen (secondary N) is 1. The fourth-order valence-corrected chi connectivity index (χ4v) is 2.82. The molecule has 120 valence electrons. The number of nitriles is 1. The predicted molar refractivity (Wildman–Crippen MR) is 87.0 cm³/mol. The van der Waals surface area contributed by atoms with Crippen LogP contribution in [0, 0.1) is 29.9 Å². The molecule has 0 fully saturated rings. The minimum Gasteiger partial charge on any atom is -0.398 e. The molecule has 24 heavy (non-hydrogen) atoms. The zero-order valence-electron chi connectivity index (χ0n) is 12.4. The van der Waals surface area contributed by atoms with Gasteiger partial charge in [0.25, 0.3) is 0 Å². The zero-order chi connectivity index (χ0) is 17.6. The van der Waals surface area contributed by atoms with Crippen LogP contribution in [-0.2, 0) is 0 Å². The fraction of sp³-hybridized carbons (Fsp3) is 0.0588. The molecule has 3 rings (SSSR count). The van der Waals surface area contributed by atoms with Gasteiger partial charge in [0.15, 0.2) is 11.6 Å². The molecule has 1 aromatic heterocycles. The first kappa shape index (κ1) is 16.0. The molecule has 0 atom stereocenters. The molecule has 0 saturated carbocycles. The number of aromatic amines is 1. The van der Waals surface area contributed by atoms with E-state index in [-0.39, 0.29) is 44.0 Å². The van der Waals surface area contributed by atoms with Crippen molar-refractivity contribution in [3.05, 3.63) is 63.3 Å². The maximum atomic E-state index is 14.1. The van der Waals surface area contributed by atoms with Crippen LogP contribution in [0.5, 0.6) is 0 Å². The summed E-state index contributed by atoms with van der Waals surface area (Å²) < 4.78 is 27.5. The number of benzene rings is 2. The fourth-order valence-electron chi connectivity index (χ4n) is 2.61. The number of anilines is 1. The standard InChI is InChI=1S/C17H10ClF2N3O/c1-7-15(20)10-5-13(22)14(11(6-21)16(10)23-7)17(24)9-4-8(19)2-3-12(9)18/h2-5,23H,22H2,1H3. The van der Waals surface area contributed by atoms with Crippen molar-refractivity contribution in [3.8, 4) is 6.07 Å². The van der Waals surface area contributed by atoms with E-state index in [2.05, 4.69) is 4.98 Å². The lowest BCUT2D eigenvalue weighted by Gasteiger charge is -2.10. The summed E-state index contributed by atoms with van der Waals surface area (Å²) in [7, 11) is 0. The molecule has 0 saturated heterocycles. The van der Waals surface area contributed by atoms with E-state index < -0.39 is 17.4 Å². The van der Waals surface area contributed by atoms with Crippen molar-refractivity contribution < 1.29 is 13.6 Å². The van der Waals surface area contributed by atoms with Crippen molar-refractivity contribution in [2.24, 2.45) is 0 Å². The molecule has 0 aliphatic heterocycles. The summed E-state index contributed by atoms with van der Waals surface area (Å²) in [5, 5.41) is 9.59. The minimum atomic E-state index is -0.705. The van der Waals surface area contributed by atoms with Crippen LogP contribution in [0.4, 0.5) is 14.5 Å². The highest BCUT2D eigenvalue weighted by atomic mass is 35.5. The van der Waals surface area contributed by atoms with Crippen LogP contribution in [0.25, 0.3) is 10.9 Å². The lowest BCUT2D eigenvalue weighted by Crippen LogP contribution is -2.10. The molecular weight excluding hydrogens is 336 g/mol. The summed E-state index contributed by atoms with van der Waals surface area (Å²) in [5.41, 5.74) is 5.81. The number of halogens is 3. The summed E-state index contributed by atoms with van der Waals surface area (Å²) in [5.74, 6) is -1.90. The number of ketones is 1. The van der Waals surface area contributed by atoms with Crippen molar-refractivity contribution in [2.75, 3.05) is 5.73 Å². The van der Waals surface area contributed by atoms with Crippen LogP contribution in [0.2, 0.25) is 5.02 Å². The van der Waals surface area contributed by atoms with Crippen molar-refractivity contribution in [1.82, 2.24) is 4.98 Å². The number of rotatable bonds is 2. The second-order valence-corrected chi connectivity index (χ2v) is 5.67. The van der Waals surface area contributed by atoms with Gasteiger partial charge in [-0.25, -0.2) is 8.78 Å². The number of hydrogen-bond acceptors (Lipinski definition) is 3. The first-order valence-electron chi connectivity index (χ1n) is 6.85. The van der Waals surface area contributed by atoms with E-state index in [9.17, 15) is 18.8 Å². The van der Waals surface area contributed by atoms with Crippen LogP contribution in [-0.4, -0.2) is 10.8 Å². The monoisotopic (exact) mass is 345 g/mol. The molecule has 2 aromatic carbocycles. The van der Waals surface area contributed by atoms with E-state index in [1.807, 2.05) is 6.07 Å². The Kier molecular flexibility index (Phi) is 3.74. The van der Waals surface area contributed by atoms with Gasteiger partial charge in [-0.1, -0.05) is 11.6 Å². The molecule has 0 radical (unpaired) electrons. The van der Waals surface area contributed by atoms with E-state index in [4.69, 9.17) is 17.3 Å². The number of carbonyl (C=O) groups is 1. The number of carbonyl (C=O) groups excluding carboxylic acids is 1. The van der Waals surface area contributed by atoms with Crippen LogP contribution in [0.1, 0.15) is 27.2 Å². The first-order chi connectivity index (χ1) is 11.3. The lowest BCUT2D eigenvalue weighted by molar-refractivity contribution is 0.103. The Bertz CT molecular complexity index is 1050. The summed E-state index contributed by atoms with van der Waals surface area (Å²) in [6, 6.07) is 6.46. The maximum Gasteiger partial charge on any atom is 0.198 e. The second kappa shape index (κ2) is 5.62. The number of aromatic nitrogens is 1. The van der Waals surface area contributed by atoms with Gasteiger partial charge in [0, 0.05) is 22.3 Å². The number of aryl methyl sites for hydroxylation is 1. The quantitative estimate of drug-likeness (QED) is 0.542. The average Bonchev–Trinajstić information content (AvgIpc) is 2.83. The van der Waals surface area contributed by atoms with Crippen LogP contribution >= 0.6 is 11.6 Å². The van der Waals surface area contributed by atoms with Gasteiger partial charge in [-0.2, -0.15) is 5.26 Å². The van der Waals surface area contributed by atoms with E-state index in [0.29, 0.717) is 0 Å². The third-order valence-corrected chi connectivity index (χ3v) is 4.08. The first-order valence-corrected chi connectivity index (χ1v) is 7.23. The molecule has 7 heteroatoms. The largest absolute Gasteiger partial charge is 0.398 e. The van der Waals surface area contributed by atoms with Gasteiger partial charge in [0.1, 0.15) is 11.9 Å². The highest BCUT2D eigenvalue weighted by Crippen LogP contribution is 2.33. The van der Waals surface area contributed by atoms with Gasteiger partial charge >= 0.3 is 0 Å². The van der Waals surface area contributed by atoms with Gasteiger partial charge in [-0.05, 0) is 31.2 Å². The molecule has 1 heterocycles. The summed E-state index contributed by atoms with van der Waals surface area (Å²) in [6.45, 7) is 1.50. The van der Waals surface area contributed by atoms with Crippen molar-refractivity contribution >= 4 is 34.0 Å². The highest BCUT2D eigenvalue weighted by molar-refractivity contribution is 6.35. The molecule has 0 bridgehead atoms. The molecule has 3 aromatic rings. The lowest BCUT2D eigenvalue weighted by atomic mass is 9.95. The summed E-state index contributed by atoms with van der Waals surface area (Å²) >= 11 is 5.96. The number of nitrogens with zero attached hydrogens (tertiary/aromatic N) is 1. The third kappa shape index (κ3) is 2.30. The zero-order valence-corrected chi connectivity index (χ0v) is 13.1. The molecule has 0 unspecified atom stereocenters. The van der Waals surface area contributed by atoms with Crippen molar-refractivity contribution in [2.45, 2.75) is 6.92 Å². The van der Waals surface area contributed by atoms with E-state index in [0.717, 1.165) is 12.1 Å². The van der Waals surface area contributed by atoms with Gasteiger partial charge in [0.2, 0.25) is 0 Å². The number of nitrogens with two attached hydrogens (primary N) is 1. The number of H-pyrrole nitrogens is 1. The maximum absolute atomic E-state index is 14.1. The van der Waals surface area contributed by atoms with Gasteiger partial charge in [0.05, 0.1) is 21.7 Å². The van der Waals surface area contributed by atoms with Crippen LogP contribution in [0.3, 0.4) is 0 Å². The van der Waals surface area contributed by atoms with Gasteiger partial charge < -0.3 is 10.7 Å². The number of fused-ring (bicyclic) bond motifs is 1.